The lowest BCUT2D eigenvalue weighted by atomic mass is 10.0. The van der Waals surface area contributed by atoms with E-state index in [2.05, 4.69) is 0 Å². The van der Waals surface area contributed by atoms with Gasteiger partial charge in [-0.1, -0.05) is 6.42 Å². The summed E-state index contributed by atoms with van der Waals surface area (Å²) in [5.74, 6) is -0.797. The predicted octanol–water partition coefficient (Wildman–Crippen LogP) is 2.26. The van der Waals surface area contributed by atoms with Crippen molar-refractivity contribution in [3.63, 3.8) is 0 Å². The highest BCUT2D eigenvalue weighted by atomic mass is 35.5. The fraction of sp³-hybridized carbons (Fsp3) is 0.875. The smallest absolute Gasteiger partial charge is 0.306 e. The normalized spacial score (nSPS) is 32.8. The molecule has 1 N–H and O–H groups in total. The van der Waals surface area contributed by atoms with Gasteiger partial charge in [-0.3, -0.25) is 4.79 Å². The third-order valence-electron chi connectivity index (χ3n) is 2.25. The van der Waals surface area contributed by atoms with Gasteiger partial charge in [0.25, 0.3) is 0 Å². The summed E-state index contributed by atoms with van der Waals surface area (Å²) in [5, 5.41) is 8.91. The van der Waals surface area contributed by atoms with E-state index in [9.17, 15) is 4.79 Å². The van der Waals surface area contributed by atoms with E-state index in [1.54, 1.807) is 0 Å². The molecule has 0 heterocycles. The quantitative estimate of drug-likeness (QED) is 0.492. The van der Waals surface area contributed by atoms with Crippen LogP contribution in [0.1, 0.15) is 32.1 Å². The van der Waals surface area contributed by atoms with E-state index < -0.39 is 5.97 Å². The van der Waals surface area contributed by atoms with Crippen LogP contribution in [0, 0.1) is 5.92 Å². The zero-order valence-corrected chi connectivity index (χ0v) is 7.18. The Hall–Kier alpha value is -0.240. The molecule has 2 atom stereocenters. The Morgan fingerprint density at radius 1 is 1.27 bits per heavy atom. The number of halogens is 1. The SMILES string of the molecule is O=C(O)C1CCCC(Cl)CC1. The molecule has 0 bridgehead atoms. The van der Waals surface area contributed by atoms with Gasteiger partial charge in [0.2, 0.25) is 0 Å². The summed E-state index contributed by atoms with van der Waals surface area (Å²) in [5.41, 5.74) is 0. The van der Waals surface area contributed by atoms with Crippen LogP contribution in [-0.4, -0.2) is 16.5 Å². The second-order valence-corrected chi connectivity index (χ2v) is 3.76. The lowest BCUT2D eigenvalue weighted by molar-refractivity contribution is -0.142. The van der Waals surface area contributed by atoms with E-state index in [1.165, 1.54) is 0 Å². The molecule has 1 aliphatic rings. The monoisotopic (exact) mass is 176 g/mol. The van der Waals surface area contributed by atoms with Crippen molar-refractivity contribution >= 4 is 17.6 Å². The van der Waals surface area contributed by atoms with E-state index in [4.69, 9.17) is 16.7 Å². The second-order valence-electron chi connectivity index (χ2n) is 3.14. The van der Waals surface area contributed by atoms with E-state index in [0.29, 0.717) is 0 Å². The number of rotatable bonds is 1. The van der Waals surface area contributed by atoms with E-state index in [0.717, 1.165) is 32.1 Å². The molecule has 1 aliphatic carbocycles. The Morgan fingerprint density at radius 2 is 2.00 bits per heavy atom. The first-order valence-corrected chi connectivity index (χ1v) is 4.50. The summed E-state index contributed by atoms with van der Waals surface area (Å²) in [4.78, 5) is 10.6. The van der Waals surface area contributed by atoms with Crippen LogP contribution in [0.25, 0.3) is 0 Å². The van der Waals surface area contributed by atoms with Gasteiger partial charge in [-0.25, -0.2) is 0 Å². The molecule has 3 heteroatoms. The Morgan fingerprint density at radius 3 is 2.64 bits per heavy atom. The van der Waals surface area contributed by atoms with Gasteiger partial charge in [0.05, 0.1) is 5.92 Å². The molecule has 0 radical (unpaired) electrons. The highest BCUT2D eigenvalue weighted by Gasteiger charge is 2.22. The molecule has 0 aromatic heterocycles. The molecule has 0 aromatic rings. The van der Waals surface area contributed by atoms with Crippen molar-refractivity contribution in [2.75, 3.05) is 0 Å². The molecule has 0 amide bonds. The van der Waals surface area contributed by atoms with Crippen molar-refractivity contribution in [3.8, 4) is 0 Å². The maximum absolute atomic E-state index is 10.6. The highest BCUT2D eigenvalue weighted by molar-refractivity contribution is 6.20. The standard InChI is InChI=1S/C8H13ClO2/c9-7-3-1-2-6(4-5-7)8(10)11/h6-7H,1-5H2,(H,10,11). The number of hydrogen-bond acceptors (Lipinski definition) is 1. The molecule has 11 heavy (non-hydrogen) atoms. The Bertz CT molecular complexity index is 147. The molecular weight excluding hydrogens is 164 g/mol. The van der Waals surface area contributed by atoms with E-state index in [-0.39, 0.29) is 11.3 Å². The summed E-state index contributed by atoms with van der Waals surface area (Å²) >= 11 is 5.90. The van der Waals surface area contributed by atoms with Gasteiger partial charge in [0, 0.05) is 5.38 Å². The van der Waals surface area contributed by atoms with Gasteiger partial charge >= 0.3 is 5.97 Å². The Kier molecular flexibility index (Phi) is 3.18. The summed E-state index contributed by atoms with van der Waals surface area (Å²) in [6.45, 7) is 0. The summed E-state index contributed by atoms with van der Waals surface area (Å²) in [6, 6.07) is 0. The largest absolute Gasteiger partial charge is 0.481 e. The Balaban J connectivity index is 2.40. The highest BCUT2D eigenvalue weighted by Crippen LogP contribution is 2.26. The molecule has 1 fully saturated rings. The number of carboxylic acid groups (broad SMARTS) is 1. The Labute approximate surface area is 71.5 Å². The third kappa shape index (κ3) is 2.70. The van der Waals surface area contributed by atoms with Crippen molar-refractivity contribution in [1.82, 2.24) is 0 Å². The molecule has 1 saturated carbocycles. The number of alkyl halides is 1. The molecule has 2 nitrogen and oxygen atoms in total. The van der Waals surface area contributed by atoms with Crippen molar-refractivity contribution in [2.24, 2.45) is 5.92 Å². The van der Waals surface area contributed by atoms with Gasteiger partial charge in [0.1, 0.15) is 0 Å². The number of carboxylic acids is 1. The fourth-order valence-electron chi connectivity index (χ4n) is 1.50. The molecule has 64 valence electrons. The van der Waals surface area contributed by atoms with Gasteiger partial charge < -0.3 is 5.11 Å². The first-order chi connectivity index (χ1) is 5.20. The molecule has 1 rings (SSSR count). The summed E-state index contributed by atoms with van der Waals surface area (Å²) in [6.07, 6.45) is 4.36. The van der Waals surface area contributed by atoms with Gasteiger partial charge in [-0.15, -0.1) is 11.6 Å². The molecule has 0 saturated heterocycles. The van der Waals surface area contributed by atoms with Crippen molar-refractivity contribution in [1.29, 1.82) is 0 Å². The van der Waals surface area contributed by atoms with Crippen molar-refractivity contribution in [2.45, 2.75) is 37.5 Å². The summed E-state index contributed by atoms with van der Waals surface area (Å²) < 4.78 is 0. The topological polar surface area (TPSA) is 37.3 Å². The number of carbonyl (C=O) groups is 1. The van der Waals surface area contributed by atoms with Crippen molar-refractivity contribution < 1.29 is 9.90 Å². The number of hydrogen-bond donors (Lipinski definition) is 1. The van der Waals surface area contributed by atoms with Crippen LogP contribution in [0.15, 0.2) is 0 Å². The molecule has 2 unspecified atom stereocenters. The fourth-order valence-corrected chi connectivity index (χ4v) is 1.78. The third-order valence-corrected chi connectivity index (χ3v) is 2.68. The molecule has 0 spiro atoms. The summed E-state index contributed by atoms with van der Waals surface area (Å²) in [7, 11) is 0. The van der Waals surface area contributed by atoms with Crippen LogP contribution in [0.5, 0.6) is 0 Å². The van der Waals surface area contributed by atoms with Gasteiger partial charge in [-0.2, -0.15) is 0 Å². The van der Waals surface area contributed by atoms with Crippen LogP contribution >= 0.6 is 11.6 Å². The number of aliphatic carboxylic acids is 1. The van der Waals surface area contributed by atoms with Gasteiger partial charge in [0.15, 0.2) is 0 Å². The maximum Gasteiger partial charge on any atom is 0.306 e. The van der Waals surface area contributed by atoms with Crippen LogP contribution in [0.4, 0.5) is 0 Å². The minimum absolute atomic E-state index is 0.140. The van der Waals surface area contributed by atoms with Crippen LogP contribution in [0.3, 0.4) is 0 Å². The average molecular weight is 177 g/mol. The van der Waals surface area contributed by atoms with Crippen LogP contribution < -0.4 is 0 Å². The van der Waals surface area contributed by atoms with Crippen LogP contribution in [-0.2, 0) is 4.79 Å². The maximum atomic E-state index is 10.6. The minimum Gasteiger partial charge on any atom is -0.481 e. The van der Waals surface area contributed by atoms with E-state index in [1.807, 2.05) is 0 Å². The van der Waals surface area contributed by atoms with Crippen LogP contribution in [0.2, 0.25) is 0 Å². The van der Waals surface area contributed by atoms with Crippen molar-refractivity contribution in [3.05, 3.63) is 0 Å². The zero-order valence-electron chi connectivity index (χ0n) is 6.42. The molecule has 0 aliphatic heterocycles. The lowest BCUT2D eigenvalue weighted by Gasteiger charge is -2.06. The first kappa shape index (κ1) is 8.85. The predicted molar refractivity (Wildman–Crippen MR) is 43.9 cm³/mol. The minimum atomic E-state index is -0.657. The second kappa shape index (κ2) is 3.96. The first-order valence-electron chi connectivity index (χ1n) is 4.07. The average Bonchev–Trinajstić information content (AvgIpc) is 2.13. The van der Waals surface area contributed by atoms with Gasteiger partial charge in [-0.05, 0) is 25.7 Å². The lowest BCUT2D eigenvalue weighted by Crippen LogP contribution is -2.12. The molecule has 0 aromatic carbocycles. The molecular formula is C8H13ClO2. The zero-order chi connectivity index (χ0) is 8.27. The van der Waals surface area contributed by atoms with E-state index >= 15 is 0 Å².